The van der Waals surface area contributed by atoms with Gasteiger partial charge in [-0.25, -0.2) is 0 Å². The van der Waals surface area contributed by atoms with Crippen LogP contribution < -0.4 is 10.5 Å². The summed E-state index contributed by atoms with van der Waals surface area (Å²) in [6, 6.07) is 10.0. The average molecular weight is 501 g/mol. The van der Waals surface area contributed by atoms with Crippen molar-refractivity contribution >= 4 is 17.5 Å². The van der Waals surface area contributed by atoms with E-state index in [2.05, 4.69) is 11.8 Å². The summed E-state index contributed by atoms with van der Waals surface area (Å²) in [6.45, 7) is 0. The van der Waals surface area contributed by atoms with Crippen molar-refractivity contribution in [1.82, 2.24) is 0 Å². The van der Waals surface area contributed by atoms with Crippen LogP contribution in [0.5, 0.6) is 11.5 Å². The molecule has 9 nitrogen and oxygen atoms in total. The zero-order valence-electron chi connectivity index (χ0n) is 19.7. The molecule has 5 rings (SSSR count). The molecule has 3 aliphatic rings. The number of ether oxygens (including phenoxy) is 1. The largest absolute Gasteiger partial charge is 0.511 e. The summed E-state index contributed by atoms with van der Waals surface area (Å²) in [7, 11) is 1.56. The van der Waals surface area contributed by atoms with Gasteiger partial charge in [0.05, 0.1) is 12.7 Å². The van der Waals surface area contributed by atoms with E-state index in [-0.39, 0.29) is 36.1 Å². The Labute approximate surface area is 211 Å². The second-order valence-electron chi connectivity index (χ2n) is 9.37. The van der Waals surface area contributed by atoms with E-state index >= 15 is 0 Å². The Morgan fingerprint density at radius 2 is 1.76 bits per heavy atom. The first-order valence-corrected chi connectivity index (χ1v) is 11.6. The second kappa shape index (κ2) is 8.54. The number of hydrogen-bond donors (Lipinski definition) is 5. The molecule has 9 heteroatoms. The molecule has 0 saturated heterocycles. The van der Waals surface area contributed by atoms with Crippen molar-refractivity contribution in [3.8, 4) is 23.3 Å². The summed E-state index contributed by atoms with van der Waals surface area (Å²) >= 11 is 0. The van der Waals surface area contributed by atoms with Crippen molar-refractivity contribution in [1.29, 1.82) is 0 Å². The van der Waals surface area contributed by atoms with Crippen molar-refractivity contribution in [3.63, 3.8) is 0 Å². The van der Waals surface area contributed by atoms with Crippen LogP contribution >= 0.6 is 0 Å². The molecule has 0 aromatic heterocycles. The van der Waals surface area contributed by atoms with Crippen LogP contribution in [0.25, 0.3) is 0 Å². The average Bonchev–Trinajstić information content (AvgIpc) is 2.86. The maximum Gasteiger partial charge on any atom is 0.255 e. The minimum Gasteiger partial charge on any atom is -0.511 e. The third-order valence-corrected chi connectivity index (χ3v) is 7.38. The molecule has 3 atom stereocenters. The van der Waals surface area contributed by atoms with E-state index in [1.54, 1.807) is 37.4 Å². The number of hydrogen-bond acceptors (Lipinski definition) is 8. The number of Topliss-reactive ketones (excluding diaryl/α,β-unsaturated/α-hetero) is 2. The van der Waals surface area contributed by atoms with Crippen molar-refractivity contribution < 1.29 is 39.5 Å². The number of aliphatic hydroxyl groups excluding tert-OH is 2. The van der Waals surface area contributed by atoms with E-state index in [0.29, 0.717) is 22.4 Å². The van der Waals surface area contributed by atoms with Gasteiger partial charge in [-0.15, -0.1) is 0 Å². The number of phenolic OH excluding ortho intramolecular Hbond substituents is 1. The lowest BCUT2D eigenvalue weighted by Gasteiger charge is -2.45. The first kappa shape index (κ1) is 24.2. The molecule has 188 valence electrons. The van der Waals surface area contributed by atoms with Crippen LogP contribution in [0.2, 0.25) is 0 Å². The van der Waals surface area contributed by atoms with Gasteiger partial charge in [0.1, 0.15) is 28.6 Å². The molecule has 1 amide bonds. The number of nitrogens with two attached hydrogens (primary N) is 1. The highest BCUT2D eigenvalue weighted by atomic mass is 16.5. The molecule has 37 heavy (non-hydrogen) atoms. The third-order valence-electron chi connectivity index (χ3n) is 7.38. The van der Waals surface area contributed by atoms with Crippen molar-refractivity contribution in [2.45, 2.75) is 24.9 Å². The fourth-order valence-corrected chi connectivity index (χ4v) is 5.55. The Balaban J connectivity index is 1.60. The van der Waals surface area contributed by atoms with Crippen LogP contribution in [0.15, 0.2) is 59.1 Å². The maximum absolute atomic E-state index is 13.6. The number of aromatic hydroxyl groups is 1. The fraction of sp³-hybridized carbons (Fsp3) is 0.250. The molecule has 0 bridgehead atoms. The topological polar surface area (TPSA) is 167 Å². The molecule has 0 fully saturated rings. The summed E-state index contributed by atoms with van der Waals surface area (Å²) in [4.78, 5) is 38.3. The number of primary amides is 1. The van der Waals surface area contributed by atoms with Crippen LogP contribution in [-0.2, 0) is 16.0 Å². The molecule has 2 aromatic carbocycles. The predicted octanol–water partition coefficient (Wildman–Crippen LogP) is 1.99. The smallest absolute Gasteiger partial charge is 0.255 e. The van der Waals surface area contributed by atoms with Crippen molar-refractivity contribution in [2.24, 2.45) is 17.6 Å². The van der Waals surface area contributed by atoms with Gasteiger partial charge >= 0.3 is 0 Å². The Morgan fingerprint density at radius 3 is 2.41 bits per heavy atom. The molecule has 0 radical (unpaired) electrons. The van der Waals surface area contributed by atoms with E-state index in [1.165, 1.54) is 6.07 Å². The van der Waals surface area contributed by atoms with Crippen LogP contribution in [0.4, 0.5) is 0 Å². The van der Waals surface area contributed by atoms with E-state index in [9.17, 15) is 34.8 Å². The third kappa shape index (κ3) is 3.57. The lowest BCUT2D eigenvalue weighted by atomic mass is 9.60. The van der Waals surface area contributed by atoms with Crippen molar-refractivity contribution in [3.05, 3.63) is 81.3 Å². The molecule has 0 unspecified atom stereocenters. The first-order chi connectivity index (χ1) is 17.6. The number of aliphatic hydroxyl groups is 3. The zero-order valence-corrected chi connectivity index (χ0v) is 19.7. The van der Waals surface area contributed by atoms with Gasteiger partial charge in [-0.2, -0.15) is 0 Å². The van der Waals surface area contributed by atoms with Crippen LogP contribution in [0, 0.1) is 23.7 Å². The van der Waals surface area contributed by atoms with Gasteiger partial charge in [0.2, 0.25) is 5.78 Å². The van der Waals surface area contributed by atoms with Gasteiger partial charge in [0.25, 0.3) is 5.91 Å². The van der Waals surface area contributed by atoms with Gasteiger partial charge in [0.15, 0.2) is 11.4 Å². The number of carbonyl (C=O) groups excluding carboxylic acids is 3. The highest BCUT2D eigenvalue weighted by molar-refractivity contribution is 6.24. The number of rotatable bonds is 2. The lowest BCUT2D eigenvalue weighted by molar-refractivity contribution is -0.144. The standard InChI is InChI=1S/C28H23NO8/c1-37-17-7-3-13(4-8-17)2-5-14-6-9-19(30)22-18(14)11-15-10-16-12-20(31)23(27(29)35)26(34)28(16,36)25(33)21(15)24(22)32/h3-4,6-9,15-16,30-31,33,36H,10-12H2,1H3,(H2,29,35)/t15-,16+,28+/m1/s1. The van der Waals surface area contributed by atoms with Crippen molar-refractivity contribution in [2.75, 3.05) is 7.11 Å². The summed E-state index contributed by atoms with van der Waals surface area (Å²) in [5.74, 6) is 0.139. The highest BCUT2D eigenvalue weighted by Gasteiger charge is 2.59. The lowest BCUT2D eigenvalue weighted by Crippen LogP contribution is -2.57. The number of carbonyl (C=O) groups is 3. The minimum absolute atomic E-state index is 0.0594. The second-order valence-corrected chi connectivity index (χ2v) is 9.37. The van der Waals surface area contributed by atoms with Crippen LogP contribution in [-0.4, -0.2) is 50.6 Å². The number of allylic oxidation sites excluding steroid dienone is 2. The molecular formula is C28H23NO8. The van der Waals surface area contributed by atoms with Crippen LogP contribution in [0.1, 0.15) is 39.9 Å². The van der Waals surface area contributed by atoms with Gasteiger partial charge in [-0.05, 0) is 60.7 Å². The van der Waals surface area contributed by atoms with E-state index in [0.717, 1.165) is 0 Å². The van der Waals surface area contributed by atoms with E-state index in [1.807, 2.05) is 0 Å². The Morgan fingerprint density at radius 1 is 1.05 bits per heavy atom. The number of benzene rings is 2. The molecule has 0 heterocycles. The normalized spacial score (nSPS) is 24.5. The fourth-order valence-electron chi connectivity index (χ4n) is 5.55. The molecule has 0 saturated carbocycles. The Kier molecular flexibility index (Phi) is 5.57. The number of ketones is 2. The summed E-state index contributed by atoms with van der Waals surface area (Å²) < 4.78 is 5.15. The van der Waals surface area contributed by atoms with Gasteiger partial charge < -0.3 is 30.9 Å². The quantitative estimate of drug-likeness (QED) is 0.308. The summed E-state index contributed by atoms with van der Waals surface area (Å²) in [6.07, 6.45) is -0.0289. The molecular weight excluding hydrogens is 478 g/mol. The SMILES string of the molecule is COc1ccc(C#Cc2ccc(O)c3c2C[C@H]2C[C@H]4CC(O)=C(C(N)=O)C(=O)[C@@]4(O)C(O)=C2C3=O)cc1. The summed E-state index contributed by atoms with van der Waals surface area (Å²) in [5.41, 5.74) is 3.25. The first-order valence-electron chi connectivity index (χ1n) is 11.6. The number of amides is 1. The van der Waals surface area contributed by atoms with Gasteiger partial charge in [0, 0.05) is 29.0 Å². The highest BCUT2D eigenvalue weighted by Crippen LogP contribution is 2.51. The number of methoxy groups -OCH3 is 1. The Bertz CT molecular complexity index is 1510. The van der Waals surface area contributed by atoms with Gasteiger partial charge in [-0.3, -0.25) is 14.4 Å². The Hall–Kier alpha value is -4.55. The minimum atomic E-state index is -2.59. The predicted molar refractivity (Wildman–Crippen MR) is 130 cm³/mol. The van der Waals surface area contributed by atoms with Gasteiger partial charge in [-0.1, -0.05) is 11.8 Å². The zero-order chi connectivity index (χ0) is 26.6. The molecule has 2 aromatic rings. The monoisotopic (exact) mass is 501 g/mol. The molecule has 0 aliphatic heterocycles. The molecule has 0 spiro atoms. The summed E-state index contributed by atoms with van der Waals surface area (Å²) in [5, 5.41) is 43.2. The number of phenols is 1. The van der Waals surface area contributed by atoms with E-state index in [4.69, 9.17) is 10.5 Å². The molecule has 6 N–H and O–H groups in total. The maximum atomic E-state index is 13.6. The van der Waals surface area contributed by atoms with Crippen LogP contribution in [0.3, 0.4) is 0 Å². The number of fused-ring (bicyclic) bond motifs is 3. The molecule has 3 aliphatic carbocycles. The van der Waals surface area contributed by atoms with E-state index < -0.39 is 52.0 Å².